The first-order chi connectivity index (χ1) is 15.0. The second kappa shape index (κ2) is 9.54. The number of rotatable bonds is 6. The van der Waals surface area contributed by atoms with Crippen LogP contribution in [-0.2, 0) is 11.8 Å². The zero-order chi connectivity index (χ0) is 22.0. The molecule has 31 heavy (non-hydrogen) atoms. The maximum atomic E-state index is 13.0. The van der Waals surface area contributed by atoms with Crippen molar-refractivity contribution in [1.29, 1.82) is 0 Å². The number of nitrogens with one attached hydrogen (secondary N) is 1. The summed E-state index contributed by atoms with van der Waals surface area (Å²) >= 11 is 8.04. The molecule has 0 aliphatic heterocycles. The van der Waals surface area contributed by atoms with Crippen molar-refractivity contribution in [3.8, 4) is 11.4 Å². The highest BCUT2D eigenvalue weighted by Gasteiger charge is 2.19. The average Bonchev–Trinajstić information content (AvgIpc) is 3.12. The van der Waals surface area contributed by atoms with Crippen molar-refractivity contribution >= 4 is 51.6 Å². The molecule has 4 rings (SSSR count). The molecular weight excluding hydrogens is 452 g/mol. The number of carbonyl (C=O) groups is 1. The number of thioether (sulfide) groups is 1. The monoisotopic (exact) mass is 476 g/mol. The van der Waals surface area contributed by atoms with Crippen molar-refractivity contribution in [3.05, 3.63) is 38.6 Å². The summed E-state index contributed by atoms with van der Waals surface area (Å²) < 4.78 is 9.62. The van der Waals surface area contributed by atoms with Gasteiger partial charge >= 0.3 is 0 Å². The Balaban J connectivity index is 1.63. The van der Waals surface area contributed by atoms with Gasteiger partial charge < -0.3 is 10.1 Å². The number of benzene rings is 1. The van der Waals surface area contributed by atoms with Crippen LogP contribution < -0.4 is 15.6 Å². The number of methoxy groups -OCH3 is 1. The van der Waals surface area contributed by atoms with Crippen LogP contribution in [0.15, 0.2) is 34.2 Å². The summed E-state index contributed by atoms with van der Waals surface area (Å²) in [6, 6.07) is 7.72. The minimum Gasteiger partial charge on any atom is -0.497 e. The fourth-order valence-corrected chi connectivity index (χ4v) is 5.89. The van der Waals surface area contributed by atoms with Crippen LogP contribution in [-0.4, -0.2) is 38.9 Å². The number of nitrogens with zero attached hydrogens (tertiary/aromatic N) is 3. The molecule has 2 aromatic heterocycles. The van der Waals surface area contributed by atoms with E-state index in [0.29, 0.717) is 25.2 Å². The summed E-state index contributed by atoms with van der Waals surface area (Å²) in [7, 11) is 3.28. The fraction of sp³-hybridized carbons (Fsp3) is 0.429. The Morgan fingerprint density at radius 3 is 2.87 bits per heavy atom. The topological polar surface area (TPSA) is 78.1 Å². The van der Waals surface area contributed by atoms with Crippen LogP contribution in [0.2, 0.25) is 0 Å². The Kier molecular flexibility index (Phi) is 6.78. The van der Waals surface area contributed by atoms with E-state index in [1.54, 1.807) is 18.7 Å². The summed E-state index contributed by atoms with van der Waals surface area (Å²) in [4.78, 5) is 30.1. The first-order valence-electron chi connectivity index (χ1n) is 10.2. The van der Waals surface area contributed by atoms with Gasteiger partial charge in [0.05, 0.1) is 18.6 Å². The van der Waals surface area contributed by atoms with Crippen LogP contribution in [0.1, 0.15) is 32.1 Å². The summed E-state index contributed by atoms with van der Waals surface area (Å²) in [5.41, 5.74) is 1.11. The first kappa shape index (κ1) is 22.0. The van der Waals surface area contributed by atoms with Crippen LogP contribution in [0.3, 0.4) is 0 Å². The van der Waals surface area contributed by atoms with Crippen LogP contribution in [0, 0.1) is 3.95 Å². The van der Waals surface area contributed by atoms with Crippen LogP contribution in [0.5, 0.6) is 5.75 Å². The molecule has 1 aliphatic rings. The lowest BCUT2D eigenvalue weighted by molar-refractivity contribution is -0.119. The van der Waals surface area contributed by atoms with Crippen molar-refractivity contribution < 1.29 is 9.53 Å². The van der Waals surface area contributed by atoms with E-state index >= 15 is 0 Å². The van der Waals surface area contributed by atoms with Crippen LogP contribution >= 0.6 is 35.3 Å². The molecule has 2 heterocycles. The van der Waals surface area contributed by atoms with Crippen molar-refractivity contribution in [3.63, 3.8) is 0 Å². The summed E-state index contributed by atoms with van der Waals surface area (Å²) in [5.74, 6) is 0.879. The third-order valence-electron chi connectivity index (χ3n) is 5.39. The predicted molar refractivity (Wildman–Crippen MR) is 127 cm³/mol. The van der Waals surface area contributed by atoms with E-state index < -0.39 is 0 Å². The van der Waals surface area contributed by atoms with Crippen molar-refractivity contribution in [2.24, 2.45) is 7.05 Å². The van der Waals surface area contributed by atoms with Gasteiger partial charge in [-0.1, -0.05) is 48.4 Å². The van der Waals surface area contributed by atoms with Crippen LogP contribution in [0.4, 0.5) is 0 Å². The first-order valence-corrected chi connectivity index (χ1v) is 12.4. The average molecular weight is 477 g/mol. The smallest absolute Gasteiger partial charge is 0.273 e. The van der Waals surface area contributed by atoms with E-state index in [0.717, 1.165) is 31.4 Å². The SMILES string of the molecule is COc1cccc(-n2c(=S)sc3c(=O)n(C)c(SCC(=O)NC4CCCCC4)nc32)c1. The van der Waals surface area contributed by atoms with E-state index in [2.05, 4.69) is 5.32 Å². The van der Waals surface area contributed by atoms with Crippen molar-refractivity contribution in [1.82, 2.24) is 19.4 Å². The normalized spacial score (nSPS) is 14.6. The molecule has 3 aromatic rings. The highest BCUT2D eigenvalue weighted by Crippen LogP contribution is 2.27. The van der Waals surface area contributed by atoms with Gasteiger partial charge in [0.15, 0.2) is 14.8 Å². The molecule has 0 spiro atoms. The summed E-state index contributed by atoms with van der Waals surface area (Å²) in [6.07, 6.45) is 5.64. The van der Waals surface area contributed by atoms with Gasteiger partial charge in [-0.2, -0.15) is 0 Å². The van der Waals surface area contributed by atoms with Gasteiger partial charge in [0.2, 0.25) is 5.91 Å². The zero-order valence-corrected chi connectivity index (χ0v) is 19.9. The second-order valence-corrected chi connectivity index (χ2v) is 10.1. The van der Waals surface area contributed by atoms with Gasteiger partial charge in [0.1, 0.15) is 10.4 Å². The maximum Gasteiger partial charge on any atom is 0.273 e. The van der Waals surface area contributed by atoms with E-state index in [9.17, 15) is 9.59 Å². The van der Waals surface area contributed by atoms with E-state index in [1.165, 1.54) is 34.1 Å². The number of hydrogen-bond donors (Lipinski definition) is 1. The molecule has 0 unspecified atom stereocenters. The molecule has 1 N–H and O–H groups in total. The molecule has 164 valence electrons. The Morgan fingerprint density at radius 2 is 2.13 bits per heavy atom. The minimum atomic E-state index is -0.169. The number of aromatic nitrogens is 3. The lowest BCUT2D eigenvalue weighted by Gasteiger charge is -2.22. The predicted octanol–water partition coefficient (Wildman–Crippen LogP) is 4.06. The Labute approximate surface area is 193 Å². The van der Waals surface area contributed by atoms with Gasteiger partial charge in [0, 0.05) is 19.2 Å². The summed E-state index contributed by atoms with van der Waals surface area (Å²) in [5, 5.41) is 3.59. The Bertz CT molecular complexity index is 1220. The lowest BCUT2D eigenvalue weighted by atomic mass is 9.95. The van der Waals surface area contributed by atoms with Crippen molar-refractivity contribution in [2.45, 2.75) is 43.3 Å². The number of carbonyl (C=O) groups excluding carboxylic acids is 1. The molecular formula is C21H24N4O3S3. The molecule has 0 bridgehead atoms. The third-order valence-corrected chi connectivity index (χ3v) is 7.77. The zero-order valence-electron chi connectivity index (χ0n) is 17.4. The molecule has 1 aliphatic carbocycles. The molecule has 1 fully saturated rings. The number of fused-ring (bicyclic) bond motifs is 1. The van der Waals surface area contributed by atoms with E-state index in [1.807, 2.05) is 24.3 Å². The van der Waals surface area contributed by atoms with Crippen molar-refractivity contribution in [2.75, 3.05) is 12.9 Å². The Hall–Kier alpha value is -2.17. The molecule has 0 saturated heterocycles. The second-order valence-electron chi connectivity index (χ2n) is 7.51. The maximum absolute atomic E-state index is 13.0. The standard InChI is InChI=1S/C21H24N4O3S3/c1-24-19(27)17-18(25(21(29)31-17)14-9-6-10-15(11-14)28-2)23-20(24)30-12-16(26)22-13-7-4-3-5-8-13/h6,9-11,13H,3-5,7-8,12H2,1-2H3,(H,22,26). The van der Waals surface area contributed by atoms with E-state index in [-0.39, 0.29) is 23.3 Å². The highest BCUT2D eigenvalue weighted by atomic mass is 32.2. The van der Waals surface area contributed by atoms with Gasteiger partial charge in [-0.15, -0.1) is 0 Å². The fourth-order valence-electron chi connectivity index (χ4n) is 3.76. The Morgan fingerprint density at radius 1 is 1.35 bits per heavy atom. The number of thiazole rings is 1. The largest absolute Gasteiger partial charge is 0.497 e. The summed E-state index contributed by atoms with van der Waals surface area (Å²) in [6.45, 7) is 0. The minimum absolute atomic E-state index is 0.0267. The van der Waals surface area contributed by atoms with Gasteiger partial charge in [-0.25, -0.2) is 4.98 Å². The lowest BCUT2D eigenvalue weighted by Crippen LogP contribution is -2.37. The van der Waals surface area contributed by atoms with Gasteiger partial charge in [-0.05, 0) is 37.2 Å². The highest BCUT2D eigenvalue weighted by molar-refractivity contribution is 7.99. The van der Waals surface area contributed by atoms with E-state index in [4.69, 9.17) is 21.9 Å². The van der Waals surface area contributed by atoms with Gasteiger partial charge in [-0.3, -0.25) is 18.7 Å². The quantitative estimate of drug-likeness (QED) is 0.328. The van der Waals surface area contributed by atoms with Gasteiger partial charge in [0.25, 0.3) is 5.56 Å². The molecule has 0 atom stereocenters. The third kappa shape index (κ3) is 4.70. The number of ether oxygens (including phenoxy) is 1. The molecule has 0 radical (unpaired) electrons. The number of amides is 1. The molecule has 7 nitrogen and oxygen atoms in total. The molecule has 1 amide bonds. The van der Waals surface area contributed by atoms with Crippen LogP contribution in [0.25, 0.3) is 16.0 Å². The molecule has 1 aromatic carbocycles. The number of hydrogen-bond acceptors (Lipinski definition) is 7. The molecule has 1 saturated carbocycles. The molecule has 10 heteroatoms.